The highest BCUT2D eigenvalue weighted by atomic mass is 35.5. The number of halogens is 1. The number of nitrogens with zero attached hydrogens (tertiary/aromatic N) is 2. The Kier molecular flexibility index (Phi) is 7.53. The van der Waals surface area contributed by atoms with Crippen molar-refractivity contribution in [3.05, 3.63) is 59.6 Å². The van der Waals surface area contributed by atoms with E-state index in [9.17, 15) is 5.11 Å². The van der Waals surface area contributed by atoms with Crippen molar-refractivity contribution in [3.63, 3.8) is 0 Å². The molecule has 0 aliphatic heterocycles. The first-order valence-corrected chi connectivity index (χ1v) is 9.73. The van der Waals surface area contributed by atoms with Crippen molar-refractivity contribution in [1.29, 1.82) is 0 Å². The van der Waals surface area contributed by atoms with Crippen molar-refractivity contribution in [2.75, 3.05) is 25.6 Å². The first-order valence-electron chi connectivity index (χ1n) is 8.36. The van der Waals surface area contributed by atoms with Gasteiger partial charge in [-0.15, -0.1) is 10.2 Å². The zero-order valence-corrected chi connectivity index (χ0v) is 16.0. The molecule has 0 fully saturated rings. The van der Waals surface area contributed by atoms with Gasteiger partial charge < -0.3 is 19.0 Å². The van der Waals surface area contributed by atoms with E-state index in [4.69, 9.17) is 25.5 Å². The quantitative estimate of drug-likeness (QED) is 0.403. The molecule has 2 aromatic carbocycles. The van der Waals surface area contributed by atoms with E-state index >= 15 is 0 Å². The number of rotatable bonds is 10. The minimum atomic E-state index is -0.641. The van der Waals surface area contributed by atoms with E-state index in [-0.39, 0.29) is 6.61 Å². The first kappa shape index (κ1) is 19.7. The monoisotopic (exact) mass is 406 g/mol. The first-order chi connectivity index (χ1) is 13.2. The van der Waals surface area contributed by atoms with Crippen LogP contribution in [-0.4, -0.2) is 47.0 Å². The maximum absolute atomic E-state index is 9.99. The molecule has 0 saturated carbocycles. The molecule has 8 heteroatoms. The summed E-state index contributed by atoms with van der Waals surface area (Å²) in [5.41, 5.74) is 0.862. The third-order valence-electron chi connectivity index (χ3n) is 3.45. The molecule has 0 spiro atoms. The van der Waals surface area contributed by atoms with Gasteiger partial charge in [0.1, 0.15) is 12.4 Å². The van der Waals surface area contributed by atoms with Crippen molar-refractivity contribution in [2.45, 2.75) is 11.3 Å². The standard InChI is InChI=1S/C19H19ClN2O4S/c20-15-6-8-17(9-7-15)25-11-10-24-12-16(23)13-27-19-22-21-18(26-19)14-4-2-1-3-5-14/h1-9,16,23H,10-13H2/t16-/m1/s1. The summed E-state index contributed by atoms with van der Waals surface area (Å²) in [7, 11) is 0. The molecule has 0 radical (unpaired) electrons. The summed E-state index contributed by atoms with van der Waals surface area (Å²) in [6.45, 7) is 0.977. The molecule has 3 aromatic rings. The second-order valence-electron chi connectivity index (χ2n) is 5.58. The lowest BCUT2D eigenvalue weighted by Gasteiger charge is -2.10. The molecule has 3 rings (SSSR count). The van der Waals surface area contributed by atoms with Crippen LogP contribution < -0.4 is 4.74 Å². The van der Waals surface area contributed by atoms with Crippen LogP contribution in [0, 0.1) is 0 Å². The zero-order chi connectivity index (χ0) is 18.9. The molecule has 6 nitrogen and oxygen atoms in total. The third-order valence-corrected chi connectivity index (χ3v) is 4.66. The maximum Gasteiger partial charge on any atom is 0.276 e. The number of aliphatic hydroxyl groups is 1. The van der Waals surface area contributed by atoms with Crippen LogP contribution in [0.25, 0.3) is 11.5 Å². The lowest BCUT2D eigenvalue weighted by Crippen LogP contribution is -2.20. The number of hydrogen-bond acceptors (Lipinski definition) is 7. The summed E-state index contributed by atoms with van der Waals surface area (Å²) < 4.78 is 16.5. The molecule has 142 valence electrons. The van der Waals surface area contributed by atoms with E-state index < -0.39 is 6.10 Å². The Morgan fingerprint density at radius 2 is 1.81 bits per heavy atom. The van der Waals surface area contributed by atoms with Crippen LogP contribution in [0.5, 0.6) is 5.75 Å². The van der Waals surface area contributed by atoms with Crippen molar-refractivity contribution >= 4 is 23.4 Å². The molecular weight excluding hydrogens is 388 g/mol. The normalized spacial score (nSPS) is 12.1. The van der Waals surface area contributed by atoms with E-state index in [0.29, 0.717) is 35.1 Å². The predicted molar refractivity (Wildman–Crippen MR) is 104 cm³/mol. The highest BCUT2D eigenvalue weighted by Crippen LogP contribution is 2.23. The number of thioether (sulfide) groups is 1. The molecule has 0 amide bonds. The van der Waals surface area contributed by atoms with Crippen LogP contribution in [0.4, 0.5) is 0 Å². The van der Waals surface area contributed by atoms with E-state index in [0.717, 1.165) is 11.3 Å². The summed E-state index contributed by atoms with van der Waals surface area (Å²) in [6, 6.07) is 16.6. The van der Waals surface area contributed by atoms with Crippen molar-refractivity contribution in [2.24, 2.45) is 0 Å². The van der Waals surface area contributed by atoms with Gasteiger partial charge in [0, 0.05) is 16.3 Å². The van der Waals surface area contributed by atoms with Crippen LogP contribution in [0.1, 0.15) is 0 Å². The van der Waals surface area contributed by atoms with Crippen LogP contribution in [-0.2, 0) is 4.74 Å². The van der Waals surface area contributed by atoms with Gasteiger partial charge in [-0.1, -0.05) is 41.6 Å². The molecule has 0 aliphatic carbocycles. The molecular formula is C19H19ClN2O4S. The fourth-order valence-electron chi connectivity index (χ4n) is 2.15. The molecule has 0 saturated heterocycles. The fraction of sp³-hybridized carbons (Fsp3) is 0.263. The molecule has 0 bridgehead atoms. The Balaban J connectivity index is 1.31. The Labute approximate surface area is 166 Å². The average Bonchev–Trinajstić information content (AvgIpc) is 3.17. The Morgan fingerprint density at radius 3 is 2.59 bits per heavy atom. The van der Waals surface area contributed by atoms with Gasteiger partial charge in [-0.05, 0) is 36.4 Å². The van der Waals surface area contributed by atoms with Crippen molar-refractivity contribution in [1.82, 2.24) is 10.2 Å². The highest BCUT2D eigenvalue weighted by molar-refractivity contribution is 7.99. The Hall–Kier alpha value is -2.06. The minimum absolute atomic E-state index is 0.205. The maximum atomic E-state index is 9.99. The summed E-state index contributed by atoms with van der Waals surface area (Å²) in [5.74, 6) is 1.59. The van der Waals surface area contributed by atoms with Gasteiger partial charge in [0.05, 0.1) is 19.3 Å². The predicted octanol–water partition coefficient (Wildman–Crippen LogP) is 3.94. The number of hydrogen-bond donors (Lipinski definition) is 1. The third kappa shape index (κ3) is 6.55. The van der Waals surface area contributed by atoms with Gasteiger partial charge in [-0.2, -0.15) is 0 Å². The smallest absolute Gasteiger partial charge is 0.276 e. The van der Waals surface area contributed by atoms with E-state index in [1.165, 1.54) is 11.8 Å². The lowest BCUT2D eigenvalue weighted by atomic mass is 10.2. The lowest BCUT2D eigenvalue weighted by molar-refractivity contribution is 0.0348. The summed E-state index contributed by atoms with van der Waals surface area (Å²) in [6.07, 6.45) is -0.641. The Morgan fingerprint density at radius 1 is 1.04 bits per heavy atom. The SMILES string of the molecule is O[C@H](COCCOc1ccc(Cl)cc1)CSc1nnc(-c2ccccc2)o1. The van der Waals surface area contributed by atoms with Gasteiger partial charge in [-0.25, -0.2) is 0 Å². The summed E-state index contributed by atoms with van der Waals surface area (Å²) >= 11 is 7.10. The second kappa shape index (κ2) is 10.3. The van der Waals surface area contributed by atoms with Gasteiger partial charge in [-0.3, -0.25) is 0 Å². The van der Waals surface area contributed by atoms with Crippen molar-refractivity contribution in [3.8, 4) is 17.2 Å². The van der Waals surface area contributed by atoms with Crippen LogP contribution in [0.3, 0.4) is 0 Å². The molecule has 27 heavy (non-hydrogen) atoms. The topological polar surface area (TPSA) is 77.6 Å². The highest BCUT2D eigenvalue weighted by Gasteiger charge is 2.11. The van der Waals surface area contributed by atoms with Gasteiger partial charge in [0.25, 0.3) is 5.22 Å². The number of benzene rings is 2. The van der Waals surface area contributed by atoms with Gasteiger partial charge in [0.15, 0.2) is 0 Å². The van der Waals surface area contributed by atoms with Crippen LogP contribution in [0.15, 0.2) is 64.2 Å². The molecule has 1 atom stereocenters. The molecule has 1 aromatic heterocycles. The molecule has 0 unspecified atom stereocenters. The average molecular weight is 407 g/mol. The largest absolute Gasteiger partial charge is 0.491 e. The number of aliphatic hydroxyl groups excluding tert-OH is 1. The van der Waals surface area contributed by atoms with E-state index in [1.54, 1.807) is 24.3 Å². The second-order valence-corrected chi connectivity index (χ2v) is 6.99. The van der Waals surface area contributed by atoms with Crippen LogP contribution in [0.2, 0.25) is 5.02 Å². The van der Waals surface area contributed by atoms with E-state index in [2.05, 4.69) is 10.2 Å². The zero-order valence-electron chi connectivity index (χ0n) is 14.5. The minimum Gasteiger partial charge on any atom is -0.491 e. The molecule has 1 heterocycles. The van der Waals surface area contributed by atoms with E-state index in [1.807, 2.05) is 30.3 Å². The number of ether oxygens (including phenoxy) is 2. The van der Waals surface area contributed by atoms with Crippen LogP contribution >= 0.6 is 23.4 Å². The summed E-state index contributed by atoms with van der Waals surface area (Å²) in [4.78, 5) is 0. The van der Waals surface area contributed by atoms with Crippen molar-refractivity contribution < 1.29 is 19.0 Å². The Bertz CT molecular complexity index is 814. The molecule has 0 aliphatic rings. The van der Waals surface area contributed by atoms with Gasteiger partial charge in [0.2, 0.25) is 5.89 Å². The fourth-order valence-corrected chi connectivity index (χ4v) is 2.94. The van der Waals surface area contributed by atoms with Gasteiger partial charge >= 0.3 is 0 Å². The summed E-state index contributed by atoms with van der Waals surface area (Å²) in [5, 5.41) is 19.1. The number of aromatic nitrogens is 2. The molecule has 1 N–H and O–H groups in total.